The molecule has 4 aromatic rings. The van der Waals surface area contributed by atoms with Crippen LogP contribution in [0.15, 0.2) is 71.8 Å². The van der Waals surface area contributed by atoms with Crippen LogP contribution in [0.3, 0.4) is 0 Å². The van der Waals surface area contributed by atoms with Gasteiger partial charge in [0, 0.05) is 25.5 Å². The first-order valence-corrected chi connectivity index (χ1v) is 9.48. The number of carbonyl (C=O) groups excluding carboxylic acids is 1. The van der Waals surface area contributed by atoms with Crippen molar-refractivity contribution in [2.45, 2.75) is 19.9 Å². The summed E-state index contributed by atoms with van der Waals surface area (Å²) in [5.74, 6) is -0.167. The van der Waals surface area contributed by atoms with E-state index in [2.05, 4.69) is 15.4 Å². The Balaban J connectivity index is 1.45. The van der Waals surface area contributed by atoms with E-state index in [1.807, 2.05) is 48.5 Å². The van der Waals surface area contributed by atoms with Crippen molar-refractivity contribution in [2.24, 2.45) is 0 Å². The average Bonchev–Trinajstić information content (AvgIpc) is 3.28. The lowest BCUT2D eigenvalue weighted by molar-refractivity contribution is 0.0952. The van der Waals surface area contributed by atoms with Gasteiger partial charge in [0.15, 0.2) is 0 Å². The van der Waals surface area contributed by atoms with Gasteiger partial charge in [0.1, 0.15) is 5.69 Å². The third kappa shape index (κ3) is 3.80. The maximum atomic E-state index is 12.7. The standard InChI is InChI=1S/C22H21N5O2/c1-16-22(29)26(20-11-5-3-9-18(20)25-16)14-6-12-23-21(28)17-8-2-4-10-19(17)27-15-7-13-24-27/h2-5,7-11,13,15H,6,12,14H2,1H3,(H,23,28). The number of fused-ring (bicyclic) bond motifs is 1. The average molecular weight is 387 g/mol. The Hall–Kier alpha value is -3.74. The fourth-order valence-corrected chi connectivity index (χ4v) is 3.35. The fraction of sp³-hybridized carbons (Fsp3) is 0.182. The van der Waals surface area contributed by atoms with Crippen LogP contribution in [0.5, 0.6) is 0 Å². The zero-order valence-electron chi connectivity index (χ0n) is 16.1. The number of nitrogens with one attached hydrogen (secondary N) is 1. The second kappa shape index (κ2) is 8.10. The normalized spacial score (nSPS) is 10.9. The van der Waals surface area contributed by atoms with E-state index in [1.54, 1.807) is 34.6 Å². The van der Waals surface area contributed by atoms with Crippen LogP contribution in [0, 0.1) is 6.92 Å². The zero-order valence-corrected chi connectivity index (χ0v) is 16.1. The number of nitrogens with zero attached hydrogens (tertiary/aromatic N) is 4. The van der Waals surface area contributed by atoms with Crippen LogP contribution >= 0.6 is 0 Å². The van der Waals surface area contributed by atoms with E-state index in [0.29, 0.717) is 30.8 Å². The molecule has 4 rings (SSSR count). The molecular formula is C22H21N5O2. The molecule has 0 radical (unpaired) electrons. The van der Waals surface area contributed by atoms with Crippen LogP contribution in [0.1, 0.15) is 22.5 Å². The monoisotopic (exact) mass is 387 g/mol. The molecule has 29 heavy (non-hydrogen) atoms. The van der Waals surface area contributed by atoms with Gasteiger partial charge in [-0.25, -0.2) is 9.67 Å². The number of aryl methyl sites for hydroxylation is 2. The number of hydrogen-bond acceptors (Lipinski definition) is 4. The molecule has 0 aliphatic rings. The molecule has 1 N–H and O–H groups in total. The smallest absolute Gasteiger partial charge is 0.272 e. The van der Waals surface area contributed by atoms with E-state index in [4.69, 9.17) is 0 Å². The van der Waals surface area contributed by atoms with Gasteiger partial charge < -0.3 is 9.88 Å². The van der Waals surface area contributed by atoms with E-state index >= 15 is 0 Å². The Morgan fingerprint density at radius 3 is 2.69 bits per heavy atom. The minimum atomic E-state index is -0.167. The van der Waals surface area contributed by atoms with Gasteiger partial charge in [-0.3, -0.25) is 9.59 Å². The number of carbonyl (C=O) groups is 1. The summed E-state index contributed by atoms with van der Waals surface area (Å²) >= 11 is 0. The number of rotatable bonds is 6. The predicted molar refractivity (Wildman–Crippen MR) is 111 cm³/mol. The molecule has 2 heterocycles. The Morgan fingerprint density at radius 2 is 1.86 bits per heavy atom. The van der Waals surface area contributed by atoms with Gasteiger partial charge in [-0.05, 0) is 43.7 Å². The zero-order chi connectivity index (χ0) is 20.2. The Kier molecular flexibility index (Phi) is 5.20. The van der Waals surface area contributed by atoms with Crippen LogP contribution in [0.25, 0.3) is 16.7 Å². The second-order valence-corrected chi connectivity index (χ2v) is 6.72. The summed E-state index contributed by atoms with van der Waals surface area (Å²) in [7, 11) is 0. The summed E-state index contributed by atoms with van der Waals surface area (Å²) in [4.78, 5) is 29.5. The molecule has 0 bridgehead atoms. The highest BCUT2D eigenvalue weighted by Crippen LogP contribution is 2.13. The fourth-order valence-electron chi connectivity index (χ4n) is 3.35. The molecular weight excluding hydrogens is 366 g/mol. The van der Waals surface area contributed by atoms with Crippen molar-refractivity contribution in [3.05, 3.63) is 88.6 Å². The van der Waals surface area contributed by atoms with Crippen molar-refractivity contribution in [1.82, 2.24) is 24.6 Å². The Labute approximate surface area is 167 Å². The molecule has 7 heteroatoms. The second-order valence-electron chi connectivity index (χ2n) is 6.72. The highest BCUT2D eigenvalue weighted by Gasteiger charge is 2.12. The van der Waals surface area contributed by atoms with E-state index in [-0.39, 0.29) is 11.5 Å². The summed E-state index contributed by atoms with van der Waals surface area (Å²) in [5.41, 5.74) is 3.25. The predicted octanol–water partition coefficient (Wildman–Crippen LogP) is 2.71. The third-order valence-electron chi connectivity index (χ3n) is 4.76. The van der Waals surface area contributed by atoms with Crippen LogP contribution in [-0.4, -0.2) is 31.8 Å². The maximum absolute atomic E-state index is 12.7. The van der Waals surface area contributed by atoms with E-state index < -0.39 is 0 Å². The van der Waals surface area contributed by atoms with E-state index in [9.17, 15) is 9.59 Å². The molecule has 7 nitrogen and oxygen atoms in total. The van der Waals surface area contributed by atoms with Crippen LogP contribution < -0.4 is 10.9 Å². The summed E-state index contributed by atoms with van der Waals surface area (Å²) < 4.78 is 3.39. The molecule has 1 amide bonds. The molecule has 0 spiro atoms. The van der Waals surface area contributed by atoms with Crippen molar-refractivity contribution >= 4 is 16.9 Å². The molecule has 0 aliphatic heterocycles. The first-order valence-electron chi connectivity index (χ1n) is 9.48. The molecule has 0 saturated carbocycles. The number of hydrogen-bond donors (Lipinski definition) is 1. The highest BCUT2D eigenvalue weighted by atomic mass is 16.1. The first kappa shape index (κ1) is 18.6. The van der Waals surface area contributed by atoms with Crippen LogP contribution in [-0.2, 0) is 6.54 Å². The van der Waals surface area contributed by atoms with Gasteiger partial charge in [-0.15, -0.1) is 0 Å². The lowest BCUT2D eigenvalue weighted by Crippen LogP contribution is -2.29. The lowest BCUT2D eigenvalue weighted by atomic mass is 10.1. The molecule has 146 valence electrons. The summed E-state index contributed by atoms with van der Waals surface area (Å²) in [5, 5.41) is 7.15. The summed E-state index contributed by atoms with van der Waals surface area (Å²) in [6.07, 6.45) is 4.10. The van der Waals surface area contributed by atoms with Gasteiger partial charge in [0.25, 0.3) is 11.5 Å². The van der Waals surface area contributed by atoms with Gasteiger partial charge >= 0.3 is 0 Å². The van der Waals surface area contributed by atoms with Gasteiger partial charge in [-0.1, -0.05) is 24.3 Å². The number of para-hydroxylation sites is 3. The highest BCUT2D eigenvalue weighted by molar-refractivity contribution is 5.97. The maximum Gasteiger partial charge on any atom is 0.272 e. The Bertz CT molecular complexity index is 1210. The van der Waals surface area contributed by atoms with Gasteiger partial charge in [0.05, 0.1) is 22.3 Å². The van der Waals surface area contributed by atoms with E-state index in [1.165, 1.54) is 0 Å². The SMILES string of the molecule is Cc1nc2ccccc2n(CCCNC(=O)c2ccccc2-n2cccn2)c1=O. The minimum Gasteiger partial charge on any atom is -0.352 e. The third-order valence-corrected chi connectivity index (χ3v) is 4.76. The lowest BCUT2D eigenvalue weighted by Gasteiger charge is -2.12. The van der Waals surface area contributed by atoms with E-state index in [0.717, 1.165) is 16.7 Å². The largest absolute Gasteiger partial charge is 0.352 e. The van der Waals surface area contributed by atoms with Crippen LogP contribution in [0.4, 0.5) is 0 Å². The molecule has 0 aliphatic carbocycles. The number of amides is 1. The summed E-state index contributed by atoms with van der Waals surface area (Å²) in [6, 6.07) is 16.7. The van der Waals surface area contributed by atoms with Crippen molar-refractivity contribution < 1.29 is 4.79 Å². The molecule has 0 unspecified atom stereocenters. The Morgan fingerprint density at radius 1 is 1.07 bits per heavy atom. The number of benzene rings is 2. The van der Waals surface area contributed by atoms with Crippen molar-refractivity contribution in [1.29, 1.82) is 0 Å². The quantitative estimate of drug-likeness (QED) is 0.516. The summed E-state index contributed by atoms with van der Waals surface area (Å²) in [6.45, 7) is 2.68. The van der Waals surface area contributed by atoms with Crippen molar-refractivity contribution in [2.75, 3.05) is 6.54 Å². The molecule has 0 fully saturated rings. The topological polar surface area (TPSA) is 81.8 Å². The number of aromatic nitrogens is 4. The molecule has 2 aromatic carbocycles. The van der Waals surface area contributed by atoms with Gasteiger partial charge in [-0.2, -0.15) is 5.10 Å². The molecule has 0 atom stereocenters. The van der Waals surface area contributed by atoms with Crippen molar-refractivity contribution in [3.8, 4) is 5.69 Å². The van der Waals surface area contributed by atoms with Gasteiger partial charge in [0.2, 0.25) is 0 Å². The molecule has 0 saturated heterocycles. The van der Waals surface area contributed by atoms with Crippen LogP contribution in [0.2, 0.25) is 0 Å². The first-order chi connectivity index (χ1) is 14.1. The minimum absolute atomic E-state index is 0.0981. The molecule has 2 aromatic heterocycles. The van der Waals surface area contributed by atoms with Crippen molar-refractivity contribution in [3.63, 3.8) is 0 Å².